The topological polar surface area (TPSA) is 68.0 Å². The van der Waals surface area contributed by atoms with E-state index in [2.05, 4.69) is 9.97 Å². The van der Waals surface area contributed by atoms with Gasteiger partial charge in [-0.05, 0) is 30.3 Å². The molecule has 2 aromatic heterocycles. The van der Waals surface area contributed by atoms with E-state index in [1.165, 1.54) is 10.9 Å². The number of fused-ring (bicyclic) bond motifs is 1. The summed E-state index contributed by atoms with van der Waals surface area (Å²) in [4.78, 5) is 20.5. The lowest BCUT2D eigenvalue weighted by molar-refractivity contribution is 0.155. The Bertz CT molecular complexity index is 895. The molecule has 1 atom stereocenters. The molecule has 0 unspecified atom stereocenters. The number of hydrogen-bond donors (Lipinski definition) is 1. The van der Waals surface area contributed by atoms with Crippen LogP contribution in [-0.2, 0) is 6.54 Å². The smallest absolute Gasteiger partial charge is 0.262 e. The maximum Gasteiger partial charge on any atom is 0.262 e. The van der Waals surface area contributed by atoms with Crippen LogP contribution in [0.25, 0.3) is 11.0 Å². The Morgan fingerprint density at radius 1 is 1.23 bits per heavy atom. The first-order valence-electron chi connectivity index (χ1n) is 6.49. The quantitative estimate of drug-likeness (QED) is 0.799. The van der Waals surface area contributed by atoms with Crippen molar-refractivity contribution in [3.63, 3.8) is 0 Å². The monoisotopic (exact) mass is 335 g/mol. The van der Waals surface area contributed by atoms with Crippen LogP contribution in [0.3, 0.4) is 0 Å². The van der Waals surface area contributed by atoms with Crippen molar-refractivity contribution in [2.75, 3.05) is 0 Å². The first-order chi connectivity index (χ1) is 10.6. The minimum absolute atomic E-state index is 0.0245. The fourth-order valence-electron chi connectivity index (χ4n) is 2.18. The lowest BCUT2D eigenvalue weighted by atomic mass is 10.1. The summed E-state index contributed by atoms with van der Waals surface area (Å²) in [6.07, 6.45) is 1.96. The van der Waals surface area contributed by atoms with Crippen molar-refractivity contribution in [3.05, 3.63) is 68.8 Å². The molecule has 0 fully saturated rings. The van der Waals surface area contributed by atoms with Gasteiger partial charge in [-0.3, -0.25) is 9.36 Å². The molecule has 3 rings (SSSR count). The molecule has 112 valence electrons. The fraction of sp³-hybridized carbons (Fsp3) is 0.133. The zero-order chi connectivity index (χ0) is 15.7. The maximum absolute atomic E-state index is 12.4. The normalized spacial score (nSPS) is 12.5. The van der Waals surface area contributed by atoms with Gasteiger partial charge in [0, 0.05) is 21.8 Å². The van der Waals surface area contributed by atoms with Gasteiger partial charge in [0.15, 0.2) is 5.65 Å². The summed E-state index contributed by atoms with van der Waals surface area (Å²) in [5.41, 5.74) is 0.571. The lowest BCUT2D eigenvalue weighted by Crippen LogP contribution is -2.24. The molecule has 1 N–H and O–H groups in total. The van der Waals surface area contributed by atoms with Crippen molar-refractivity contribution in [3.8, 4) is 0 Å². The number of pyridine rings is 1. The van der Waals surface area contributed by atoms with Crippen LogP contribution >= 0.6 is 23.2 Å². The molecule has 0 spiro atoms. The number of halogens is 2. The second kappa shape index (κ2) is 6.04. The maximum atomic E-state index is 12.4. The van der Waals surface area contributed by atoms with Crippen molar-refractivity contribution in [1.29, 1.82) is 0 Å². The number of rotatable bonds is 3. The fourth-order valence-corrected chi connectivity index (χ4v) is 2.61. The summed E-state index contributed by atoms with van der Waals surface area (Å²) in [7, 11) is 0. The van der Waals surface area contributed by atoms with E-state index in [4.69, 9.17) is 23.2 Å². The van der Waals surface area contributed by atoms with E-state index >= 15 is 0 Å². The van der Waals surface area contributed by atoms with Crippen molar-refractivity contribution < 1.29 is 5.11 Å². The summed E-state index contributed by atoms with van der Waals surface area (Å²) in [6, 6.07) is 8.13. The molecule has 0 aliphatic carbocycles. The Morgan fingerprint density at radius 2 is 2.05 bits per heavy atom. The van der Waals surface area contributed by atoms with Crippen molar-refractivity contribution >= 4 is 34.2 Å². The standard InChI is InChI=1S/C15H11Cl2N3O2/c16-9-3-4-12(17)11(6-9)13(21)7-20-8-19-14-10(15(20)22)2-1-5-18-14/h1-6,8,13,21H,7H2/t13-/m0/s1. The molecule has 7 heteroatoms. The SMILES string of the molecule is O=c1c2cccnc2ncn1C[C@H](O)c1cc(Cl)ccc1Cl. The van der Waals surface area contributed by atoms with Crippen LogP contribution in [0.5, 0.6) is 0 Å². The summed E-state index contributed by atoms with van der Waals surface area (Å²) < 4.78 is 1.33. The number of aliphatic hydroxyl groups excluding tert-OH is 1. The van der Waals surface area contributed by atoms with Crippen molar-refractivity contribution in [1.82, 2.24) is 14.5 Å². The van der Waals surface area contributed by atoms with Gasteiger partial charge in [-0.15, -0.1) is 0 Å². The zero-order valence-corrected chi connectivity index (χ0v) is 12.8. The van der Waals surface area contributed by atoms with E-state index in [-0.39, 0.29) is 12.1 Å². The van der Waals surface area contributed by atoms with Gasteiger partial charge in [0.05, 0.1) is 18.0 Å². The molecule has 5 nitrogen and oxygen atoms in total. The largest absolute Gasteiger partial charge is 0.386 e. The van der Waals surface area contributed by atoms with Crippen LogP contribution < -0.4 is 5.56 Å². The van der Waals surface area contributed by atoms with Gasteiger partial charge in [0.2, 0.25) is 0 Å². The highest BCUT2D eigenvalue weighted by atomic mass is 35.5. The van der Waals surface area contributed by atoms with Gasteiger partial charge in [-0.1, -0.05) is 23.2 Å². The van der Waals surface area contributed by atoms with E-state index in [0.717, 1.165) is 0 Å². The third kappa shape index (κ3) is 2.83. The van der Waals surface area contributed by atoms with Crippen LogP contribution in [0.2, 0.25) is 10.0 Å². The van der Waals surface area contributed by atoms with Crippen LogP contribution in [0.4, 0.5) is 0 Å². The second-order valence-electron chi connectivity index (χ2n) is 4.76. The van der Waals surface area contributed by atoms with E-state index in [1.54, 1.807) is 36.5 Å². The Balaban J connectivity index is 1.97. The zero-order valence-electron chi connectivity index (χ0n) is 11.3. The van der Waals surface area contributed by atoms with Crippen LogP contribution in [0.15, 0.2) is 47.7 Å². The van der Waals surface area contributed by atoms with Gasteiger partial charge < -0.3 is 5.11 Å². The molecule has 2 heterocycles. The first kappa shape index (κ1) is 15.0. The van der Waals surface area contributed by atoms with Crippen LogP contribution in [0.1, 0.15) is 11.7 Å². The van der Waals surface area contributed by atoms with E-state index < -0.39 is 6.10 Å². The average molecular weight is 336 g/mol. The summed E-state index contributed by atoms with van der Waals surface area (Å²) in [5, 5.41) is 11.6. The predicted octanol–water partition coefficient (Wildman–Crippen LogP) is 2.83. The Morgan fingerprint density at radius 3 is 2.86 bits per heavy atom. The first-order valence-corrected chi connectivity index (χ1v) is 7.25. The lowest BCUT2D eigenvalue weighted by Gasteiger charge is -2.14. The highest BCUT2D eigenvalue weighted by Crippen LogP contribution is 2.27. The summed E-state index contributed by atoms with van der Waals surface area (Å²) in [6.45, 7) is 0.0245. The molecule has 0 amide bonds. The number of aromatic nitrogens is 3. The summed E-state index contributed by atoms with van der Waals surface area (Å²) in [5.74, 6) is 0. The van der Waals surface area contributed by atoms with Gasteiger partial charge in [0.25, 0.3) is 5.56 Å². The van der Waals surface area contributed by atoms with E-state index in [1.807, 2.05) is 0 Å². The second-order valence-corrected chi connectivity index (χ2v) is 5.60. The molecule has 0 aliphatic heterocycles. The molecule has 0 aliphatic rings. The molecular formula is C15H11Cl2N3O2. The third-order valence-corrected chi connectivity index (χ3v) is 3.86. The average Bonchev–Trinajstić information content (AvgIpc) is 2.52. The Labute approximate surface area is 135 Å². The number of benzene rings is 1. The van der Waals surface area contributed by atoms with E-state index in [9.17, 15) is 9.90 Å². The number of nitrogens with zero attached hydrogens (tertiary/aromatic N) is 3. The van der Waals surface area contributed by atoms with Crippen LogP contribution in [-0.4, -0.2) is 19.6 Å². The molecular weight excluding hydrogens is 325 g/mol. The highest BCUT2D eigenvalue weighted by Gasteiger charge is 2.15. The molecule has 0 saturated heterocycles. The molecule has 3 aromatic rings. The Hall–Kier alpha value is -1.95. The van der Waals surface area contributed by atoms with Crippen molar-refractivity contribution in [2.45, 2.75) is 12.6 Å². The summed E-state index contributed by atoms with van der Waals surface area (Å²) >= 11 is 12.0. The van der Waals surface area contributed by atoms with Gasteiger partial charge in [-0.25, -0.2) is 9.97 Å². The molecule has 0 saturated carbocycles. The van der Waals surface area contributed by atoms with Crippen molar-refractivity contribution in [2.24, 2.45) is 0 Å². The minimum Gasteiger partial charge on any atom is -0.386 e. The van der Waals surface area contributed by atoms with Gasteiger partial charge >= 0.3 is 0 Å². The number of aliphatic hydroxyl groups is 1. The minimum atomic E-state index is -0.972. The van der Waals surface area contributed by atoms with Crippen LogP contribution in [0, 0.1) is 0 Å². The highest BCUT2D eigenvalue weighted by molar-refractivity contribution is 6.33. The predicted molar refractivity (Wildman–Crippen MR) is 85.2 cm³/mol. The van der Waals surface area contributed by atoms with Gasteiger partial charge in [0.1, 0.15) is 6.33 Å². The number of hydrogen-bond acceptors (Lipinski definition) is 4. The Kier molecular flexibility index (Phi) is 4.11. The van der Waals surface area contributed by atoms with Gasteiger partial charge in [-0.2, -0.15) is 0 Å². The molecule has 1 aromatic carbocycles. The molecule has 22 heavy (non-hydrogen) atoms. The third-order valence-electron chi connectivity index (χ3n) is 3.28. The van der Waals surface area contributed by atoms with E-state index in [0.29, 0.717) is 26.6 Å². The molecule has 0 bridgehead atoms. The molecule has 0 radical (unpaired) electrons.